The average molecular weight is 311 g/mol. The van der Waals surface area contributed by atoms with Crippen molar-refractivity contribution in [2.24, 2.45) is 0 Å². The molecule has 1 saturated heterocycles. The highest BCUT2D eigenvalue weighted by atomic mass is 16.5. The number of hydrogen-bond acceptors (Lipinski definition) is 5. The van der Waals surface area contributed by atoms with E-state index in [9.17, 15) is 0 Å². The van der Waals surface area contributed by atoms with Gasteiger partial charge >= 0.3 is 0 Å². The highest BCUT2D eigenvalue weighted by Gasteiger charge is 2.11. The van der Waals surface area contributed by atoms with Crippen LogP contribution in [0.4, 0.5) is 5.82 Å². The highest BCUT2D eigenvalue weighted by Crippen LogP contribution is 2.26. The van der Waals surface area contributed by atoms with Gasteiger partial charge in [-0.05, 0) is 19.0 Å². The van der Waals surface area contributed by atoms with Crippen LogP contribution in [0.2, 0.25) is 0 Å². The van der Waals surface area contributed by atoms with Crippen molar-refractivity contribution in [2.45, 2.75) is 6.42 Å². The molecule has 3 heterocycles. The zero-order chi connectivity index (χ0) is 15.5. The van der Waals surface area contributed by atoms with Gasteiger partial charge in [-0.25, -0.2) is 9.97 Å². The predicted molar refractivity (Wildman–Crippen MR) is 91.8 cm³/mol. The maximum absolute atomic E-state index is 5.37. The van der Waals surface area contributed by atoms with Crippen LogP contribution in [0.1, 0.15) is 6.42 Å². The molecule has 0 unspecified atom stereocenters. The minimum absolute atomic E-state index is 0.856. The van der Waals surface area contributed by atoms with E-state index in [1.165, 1.54) is 0 Å². The number of aromatic nitrogens is 3. The van der Waals surface area contributed by atoms with E-state index in [4.69, 9.17) is 4.74 Å². The van der Waals surface area contributed by atoms with Crippen LogP contribution < -0.4 is 5.32 Å². The summed E-state index contributed by atoms with van der Waals surface area (Å²) in [6.45, 7) is 5.79. The molecule has 23 heavy (non-hydrogen) atoms. The molecule has 4 rings (SSSR count). The van der Waals surface area contributed by atoms with Crippen molar-refractivity contribution in [3.05, 3.63) is 30.6 Å². The molecule has 0 atom stereocenters. The fourth-order valence-corrected chi connectivity index (χ4v) is 3.11. The van der Waals surface area contributed by atoms with Crippen molar-refractivity contribution in [3.63, 3.8) is 0 Å². The largest absolute Gasteiger partial charge is 0.379 e. The number of anilines is 1. The number of fused-ring (bicyclic) bond motifs is 3. The Morgan fingerprint density at radius 1 is 1.17 bits per heavy atom. The molecular formula is C17H21N5O. The predicted octanol–water partition coefficient (Wildman–Crippen LogP) is 2.25. The van der Waals surface area contributed by atoms with Crippen molar-refractivity contribution >= 4 is 27.8 Å². The first-order valence-corrected chi connectivity index (χ1v) is 8.17. The van der Waals surface area contributed by atoms with E-state index < -0.39 is 0 Å². The summed E-state index contributed by atoms with van der Waals surface area (Å²) < 4.78 is 5.37. The molecule has 6 heteroatoms. The Hall–Kier alpha value is -2.18. The van der Waals surface area contributed by atoms with Crippen LogP contribution in [-0.4, -0.2) is 59.2 Å². The number of rotatable bonds is 5. The summed E-state index contributed by atoms with van der Waals surface area (Å²) in [6.07, 6.45) is 2.72. The number of nitrogens with zero attached hydrogens (tertiary/aromatic N) is 3. The topological polar surface area (TPSA) is 66.1 Å². The van der Waals surface area contributed by atoms with E-state index in [1.807, 2.05) is 12.1 Å². The molecular weight excluding hydrogens is 290 g/mol. The van der Waals surface area contributed by atoms with Crippen LogP contribution >= 0.6 is 0 Å². The van der Waals surface area contributed by atoms with E-state index in [2.05, 4.69) is 37.3 Å². The van der Waals surface area contributed by atoms with Gasteiger partial charge in [0.05, 0.1) is 13.2 Å². The second-order valence-electron chi connectivity index (χ2n) is 5.85. The first kappa shape index (κ1) is 14.4. The lowest BCUT2D eigenvalue weighted by molar-refractivity contribution is 0.0378. The molecule has 0 radical (unpaired) electrons. The first-order valence-electron chi connectivity index (χ1n) is 8.17. The van der Waals surface area contributed by atoms with Crippen LogP contribution in [0.3, 0.4) is 0 Å². The third-order valence-electron chi connectivity index (χ3n) is 4.34. The molecule has 1 aromatic carbocycles. The Bertz CT molecular complexity index is 794. The summed E-state index contributed by atoms with van der Waals surface area (Å²) in [4.78, 5) is 14.7. The van der Waals surface area contributed by atoms with Gasteiger partial charge in [0.25, 0.3) is 0 Å². The van der Waals surface area contributed by atoms with E-state index in [0.29, 0.717) is 0 Å². The SMILES string of the molecule is c1ccc2c(c1)[nH]c1c(NCCCN3CCOCC3)ncnc12. The molecule has 0 saturated carbocycles. The van der Waals surface area contributed by atoms with E-state index in [-0.39, 0.29) is 0 Å². The van der Waals surface area contributed by atoms with Crippen LogP contribution in [-0.2, 0) is 4.74 Å². The lowest BCUT2D eigenvalue weighted by Crippen LogP contribution is -2.37. The molecule has 3 aromatic rings. The standard InChI is InChI=1S/C17H21N5O/c1-2-5-14-13(4-1)15-16(21-14)17(20-12-19-15)18-6-3-7-22-8-10-23-11-9-22/h1-2,4-5,12,21H,3,6-11H2,(H,18,19,20). The second-order valence-corrected chi connectivity index (χ2v) is 5.85. The number of nitrogens with one attached hydrogen (secondary N) is 2. The molecule has 2 N–H and O–H groups in total. The Morgan fingerprint density at radius 2 is 2.04 bits per heavy atom. The molecule has 0 aliphatic carbocycles. The molecule has 0 bridgehead atoms. The van der Waals surface area contributed by atoms with Gasteiger partial charge in [0.2, 0.25) is 0 Å². The zero-order valence-corrected chi connectivity index (χ0v) is 13.1. The summed E-state index contributed by atoms with van der Waals surface area (Å²) in [5, 5.41) is 4.59. The number of para-hydroxylation sites is 1. The Labute approximate surface area is 134 Å². The molecule has 6 nitrogen and oxygen atoms in total. The molecule has 0 spiro atoms. The molecule has 1 aliphatic rings. The normalized spacial score (nSPS) is 16.2. The van der Waals surface area contributed by atoms with Crippen LogP contribution in [0.15, 0.2) is 30.6 Å². The fourth-order valence-electron chi connectivity index (χ4n) is 3.11. The number of aromatic amines is 1. The minimum atomic E-state index is 0.856. The van der Waals surface area contributed by atoms with Gasteiger partial charge in [-0.2, -0.15) is 0 Å². The molecule has 1 fully saturated rings. The summed E-state index contributed by atoms with van der Waals surface area (Å²) in [5.41, 5.74) is 3.06. The van der Waals surface area contributed by atoms with Crippen molar-refractivity contribution < 1.29 is 4.74 Å². The molecule has 2 aromatic heterocycles. The smallest absolute Gasteiger partial charge is 0.153 e. The van der Waals surface area contributed by atoms with E-state index >= 15 is 0 Å². The maximum atomic E-state index is 5.37. The zero-order valence-electron chi connectivity index (χ0n) is 13.1. The van der Waals surface area contributed by atoms with Gasteiger partial charge < -0.3 is 15.0 Å². The molecule has 0 amide bonds. The second kappa shape index (κ2) is 6.52. The van der Waals surface area contributed by atoms with Gasteiger partial charge in [-0.15, -0.1) is 0 Å². The van der Waals surface area contributed by atoms with Gasteiger partial charge in [-0.1, -0.05) is 18.2 Å². The number of hydrogen-bond donors (Lipinski definition) is 2. The van der Waals surface area contributed by atoms with Gasteiger partial charge in [0.1, 0.15) is 17.4 Å². The van der Waals surface area contributed by atoms with Gasteiger partial charge in [-0.3, -0.25) is 4.90 Å². The summed E-state index contributed by atoms with van der Waals surface area (Å²) in [5.74, 6) is 0.883. The van der Waals surface area contributed by atoms with Crippen LogP contribution in [0.5, 0.6) is 0 Å². The van der Waals surface area contributed by atoms with Gasteiger partial charge in [0, 0.05) is 30.5 Å². The first-order chi connectivity index (χ1) is 11.4. The molecule has 1 aliphatic heterocycles. The van der Waals surface area contributed by atoms with Crippen LogP contribution in [0.25, 0.3) is 21.9 Å². The van der Waals surface area contributed by atoms with Crippen LogP contribution in [0, 0.1) is 0 Å². The van der Waals surface area contributed by atoms with Crippen molar-refractivity contribution in [3.8, 4) is 0 Å². The number of ether oxygens (including phenoxy) is 1. The Morgan fingerprint density at radius 3 is 2.96 bits per heavy atom. The maximum Gasteiger partial charge on any atom is 0.153 e. The Balaban J connectivity index is 1.44. The fraction of sp³-hybridized carbons (Fsp3) is 0.412. The third kappa shape index (κ3) is 3.00. The number of H-pyrrole nitrogens is 1. The van der Waals surface area contributed by atoms with E-state index in [1.54, 1.807) is 6.33 Å². The van der Waals surface area contributed by atoms with Crippen molar-refractivity contribution in [1.29, 1.82) is 0 Å². The van der Waals surface area contributed by atoms with Crippen molar-refractivity contribution in [1.82, 2.24) is 19.9 Å². The molecule has 120 valence electrons. The lowest BCUT2D eigenvalue weighted by atomic mass is 10.2. The number of morpholine rings is 1. The summed E-state index contributed by atoms with van der Waals surface area (Å²) in [7, 11) is 0. The average Bonchev–Trinajstić information content (AvgIpc) is 2.99. The van der Waals surface area contributed by atoms with E-state index in [0.717, 1.165) is 73.6 Å². The van der Waals surface area contributed by atoms with Crippen molar-refractivity contribution in [2.75, 3.05) is 44.7 Å². The Kier molecular flexibility index (Phi) is 4.08. The number of benzene rings is 1. The minimum Gasteiger partial charge on any atom is -0.379 e. The summed E-state index contributed by atoms with van der Waals surface area (Å²) in [6, 6.07) is 8.22. The summed E-state index contributed by atoms with van der Waals surface area (Å²) >= 11 is 0. The third-order valence-corrected chi connectivity index (χ3v) is 4.34. The lowest BCUT2D eigenvalue weighted by Gasteiger charge is -2.26. The van der Waals surface area contributed by atoms with Gasteiger partial charge in [0.15, 0.2) is 5.82 Å². The quantitative estimate of drug-likeness (QED) is 0.708. The highest BCUT2D eigenvalue weighted by molar-refractivity contribution is 6.07. The monoisotopic (exact) mass is 311 g/mol.